The molecule has 0 spiro atoms. The molecule has 0 aliphatic rings. The second-order valence-electron chi connectivity index (χ2n) is 10.6. The van der Waals surface area contributed by atoms with Crippen molar-refractivity contribution in [3.05, 3.63) is 35.9 Å². The Kier molecular flexibility index (Phi) is 11.6. The minimum atomic E-state index is -0.545. The van der Waals surface area contributed by atoms with Crippen LogP contribution in [-0.2, 0) is 4.74 Å². The summed E-state index contributed by atoms with van der Waals surface area (Å²) < 4.78 is 5.84. The first-order chi connectivity index (χ1) is 14.0. The lowest BCUT2D eigenvalue weighted by Gasteiger charge is -2.42. The van der Waals surface area contributed by atoms with Crippen LogP contribution in [0.2, 0.25) is 0 Å². The fraction of sp³-hybridized carbons (Fsp3) is 0.778. The summed E-state index contributed by atoms with van der Waals surface area (Å²) in [6.45, 7) is 16.9. The van der Waals surface area contributed by atoms with Gasteiger partial charge in [-0.2, -0.15) is 0 Å². The lowest BCUT2D eigenvalue weighted by molar-refractivity contribution is 0.00536. The molecule has 3 N–H and O–H groups in total. The lowest BCUT2D eigenvalue weighted by atomic mass is 9.65. The van der Waals surface area contributed by atoms with E-state index < -0.39 is 11.6 Å². The van der Waals surface area contributed by atoms with Crippen molar-refractivity contribution in [2.24, 2.45) is 23.0 Å². The van der Waals surface area contributed by atoms with E-state index in [9.17, 15) is 5.11 Å². The average molecular weight is 420 g/mol. The predicted octanol–water partition coefficient (Wildman–Crippen LogP) is 6.54. The van der Waals surface area contributed by atoms with Crippen LogP contribution in [0, 0.1) is 17.3 Å². The maximum absolute atomic E-state index is 10.7. The molecule has 3 heteroatoms. The number of ether oxygens (including phenoxy) is 1. The van der Waals surface area contributed by atoms with Crippen LogP contribution in [0.25, 0.3) is 0 Å². The molecule has 30 heavy (non-hydrogen) atoms. The molecule has 0 amide bonds. The van der Waals surface area contributed by atoms with Crippen molar-refractivity contribution in [1.29, 1.82) is 0 Å². The van der Waals surface area contributed by atoms with Gasteiger partial charge in [0.05, 0.1) is 12.7 Å². The summed E-state index contributed by atoms with van der Waals surface area (Å²) in [6, 6.07) is 10.6. The molecule has 174 valence electrons. The minimum absolute atomic E-state index is 0.173. The monoisotopic (exact) mass is 419 g/mol. The van der Waals surface area contributed by atoms with Gasteiger partial charge in [0.25, 0.3) is 0 Å². The fourth-order valence-electron chi connectivity index (χ4n) is 4.45. The van der Waals surface area contributed by atoms with Crippen LogP contribution < -0.4 is 5.73 Å². The van der Waals surface area contributed by atoms with Crippen molar-refractivity contribution >= 4 is 0 Å². The van der Waals surface area contributed by atoms with Crippen molar-refractivity contribution < 1.29 is 9.84 Å². The van der Waals surface area contributed by atoms with Crippen LogP contribution in [-0.4, -0.2) is 30.0 Å². The molecule has 0 fully saturated rings. The van der Waals surface area contributed by atoms with E-state index in [4.69, 9.17) is 10.5 Å². The zero-order valence-electron chi connectivity index (χ0n) is 20.8. The predicted molar refractivity (Wildman–Crippen MR) is 130 cm³/mol. The van der Waals surface area contributed by atoms with Gasteiger partial charge in [-0.1, -0.05) is 91.1 Å². The van der Waals surface area contributed by atoms with Gasteiger partial charge < -0.3 is 15.6 Å². The number of benzene rings is 1. The zero-order valence-corrected chi connectivity index (χ0v) is 20.8. The number of nitrogens with two attached hydrogens (primary N) is 1. The summed E-state index contributed by atoms with van der Waals surface area (Å²) in [6.07, 6.45) is 5.78. The van der Waals surface area contributed by atoms with Crippen molar-refractivity contribution in [3.8, 4) is 0 Å². The fourth-order valence-corrected chi connectivity index (χ4v) is 4.45. The van der Waals surface area contributed by atoms with Crippen LogP contribution in [0.3, 0.4) is 0 Å². The molecule has 0 saturated carbocycles. The number of unbranched alkanes of at least 4 members (excludes halogenated alkanes) is 1. The Morgan fingerprint density at radius 2 is 1.63 bits per heavy atom. The van der Waals surface area contributed by atoms with Gasteiger partial charge in [0, 0.05) is 18.1 Å². The normalized spacial score (nSPS) is 18.4. The van der Waals surface area contributed by atoms with E-state index in [2.05, 4.69) is 78.8 Å². The van der Waals surface area contributed by atoms with Gasteiger partial charge in [0.1, 0.15) is 0 Å². The molecule has 1 aromatic carbocycles. The van der Waals surface area contributed by atoms with Crippen LogP contribution in [0.4, 0.5) is 0 Å². The van der Waals surface area contributed by atoms with E-state index in [1.807, 2.05) is 0 Å². The Hall–Kier alpha value is -0.900. The van der Waals surface area contributed by atoms with Gasteiger partial charge in [-0.15, -0.1) is 0 Å². The first-order valence-corrected chi connectivity index (χ1v) is 12.1. The van der Waals surface area contributed by atoms with Gasteiger partial charge in [-0.05, 0) is 49.0 Å². The topological polar surface area (TPSA) is 55.5 Å². The van der Waals surface area contributed by atoms with Crippen molar-refractivity contribution in [2.45, 2.75) is 105 Å². The highest BCUT2D eigenvalue weighted by molar-refractivity contribution is 5.24. The molecule has 0 bridgehead atoms. The zero-order chi connectivity index (χ0) is 22.8. The number of aliphatic hydroxyl groups excluding tert-OH is 1. The quantitative estimate of drug-likeness (QED) is 0.339. The van der Waals surface area contributed by atoms with Gasteiger partial charge in [-0.25, -0.2) is 0 Å². The van der Waals surface area contributed by atoms with Crippen LogP contribution in [0.5, 0.6) is 0 Å². The van der Waals surface area contributed by atoms with E-state index in [1.54, 1.807) is 0 Å². The Morgan fingerprint density at radius 1 is 1.00 bits per heavy atom. The number of rotatable bonds is 15. The van der Waals surface area contributed by atoms with E-state index in [1.165, 1.54) is 24.8 Å². The summed E-state index contributed by atoms with van der Waals surface area (Å²) >= 11 is 0. The first-order valence-electron chi connectivity index (χ1n) is 12.1. The highest BCUT2D eigenvalue weighted by atomic mass is 16.5. The maximum atomic E-state index is 10.7. The second-order valence-corrected chi connectivity index (χ2v) is 10.6. The summed E-state index contributed by atoms with van der Waals surface area (Å²) in [4.78, 5) is 0. The molecule has 5 unspecified atom stereocenters. The van der Waals surface area contributed by atoms with Crippen molar-refractivity contribution in [2.75, 3.05) is 13.2 Å². The van der Waals surface area contributed by atoms with Crippen LogP contribution in [0.1, 0.15) is 98.5 Å². The Morgan fingerprint density at radius 3 is 2.20 bits per heavy atom. The van der Waals surface area contributed by atoms with Gasteiger partial charge in [0.15, 0.2) is 0 Å². The Bertz CT molecular complexity index is 569. The second kappa shape index (κ2) is 12.8. The molecule has 0 aliphatic heterocycles. The molecule has 0 aromatic heterocycles. The van der Waals surface area contributed by atoms with Crippen LogP contribution >= 0.6 is 0 Å². The minimum Gasteiger partial charge on any atom is -0.391 e. The smallest absolute Gasteiger partial charge is 0.0791 e. The third kappa shape index (κ3) is 9.08. The molecular formula is C27H49NO2. The molecule has 0 aliphatic carbocycles. The number of hydrogen-bond donors (Lipinski definition) is 2. The third-order valence-electron chi connectivity index (χ3n) is 7.11. The maximum Gasteiger partial charge on any atom is 0.0791 e. The van der Waals surface area contributed by atoms with Crippen molar-refractivity contribution in [3.63, 3.8) is 0 Å². The van der Waals surface area contributed by atoms with Crippen molar-refractivity contribution in [1.82, 2.24) is 0 Å². The lowest BCUT2D eigenvalue weighted by Crippen LogP contribution is -2.48. The standard InChI is InChI=1S/C27H49NO2/c1-8-10-14-21(3)19-30-20-24(29)17-27(7,28)25(23-15-12-11-13-16-23)18-26(5,6)22(4)9-2/h11-13,15-16,21-22,24-25,29H,8-10,14,17-20,28H2,1-7H3. The number of hydrogen-bond acceptors (Lipinski definition) is 3. The molecule has 0 heterocycles. The van der Waals surface area contributed by atoms with Gasteiger partial charge >= 0.3 is 0 Å². The summed E-state index contributed by atoms with van der Waals surface area (Å²) in [7, 11) is 0. The van der Waals surface area contributed by atoms with E-state index >= 15 is 0 Å². The van der Waals surface area contributed by atoms with E-state index in [0.717, 1.165) is 12.8 Å². The number of aliphatic hydroxyl groups is 1. The molecular weight excluding hydrogens is 370 g/mol. The third-order valence-corrected chi connectivity index (χ3v) is 7.11. The molecule has 0 saturated heterocycles. The first kappa shape index (κ1) is 27.1. The van der Waals surface area contributed by atoms with Gasteiger partial charge in [0.2, 0.25) is 0 Å². The molecule has 5 atom stereocenters. The molecule has 0 radical (unpaired) electrons. The summed E-state index contributed by atoms with van der Waals surface area (Å²) in [5, 5.41) is 10.7. The summed E-state index contributed by atoms with van der Waals surface area (Å²) in [5.74, 6) is 1.33. The van der Waals surface area contributed by atoms with Gasteiger partial charge in [-0.3, -0.25) is 0 Å². The largest absolute Gasteiger partial charge is 0.391 e. The Labute approximate surface area is 186 Å². The molecule has 3 nitrogen and oxygen atoms in total. The van der Waals surface area contributed by atoms with Crippen LogP contribution in [0.15, 0.2) is 30.3 Å². The SMILES string of the molecule is CCCCC(C)COCC(O)CC(C)(N)C(CC(C)(C)C(C)CC)c1ccccc1. The molecule has 1 aromatic rings. The molecule has 1 rings (SSSR count). The highest BCUT2D eigenvalue weighted by Crippen LogP contribution is 2.43. The Balaban J connectivity index is 2.82. The van der Waals surface area contributed by atoms with E-state index in [0.29, 0.717) is 31.5 Å². The van der Waals surface area contributed by atoms with E-state index in [-0.39, 0.29) is 11.3 Å². The average Bonchev–Trinajstić information content (AvgIpc) is 2.69. The highest BCUT2D eigenvalue weighted by Gasteiger charge is 2.38. The summed E-state index contributed by atoms with van der Waals surface area (Å²) in [5.41, 5.74) is 7.85.